The number of alkyl halides is 1. The topological polar surface area (TPSA) is 17.1 Å². The molecule has 0 fully saturated rings. The zero-order valence-corrected chi connectivity index (χ0v) is 11.4. The third-order valence-electron chi connectivity index (χ3n) is 2.08. The van der Waals surface area contributed by atoms with Gasteiger partial charge in [0.25, 0.3) is 0 Å². The van der Waals surface area contributed by atoms with Gasteiger partial charge in [0.05, 0.1) is 4.83 Å². The van der Waals surface area contributed by atoms with Crippen LogP contribution in [0.5, 0.6) is 0 Å². The van der Waals surface area contributed by atoms with Crippen LogP contribution in [0.15, 0.2) is 22.7 Å². The van der Waals surface area contributed by atoms with Crippen molar-refractivity contribution < 1.29 is 4.79 Å². The summed E-state index contributed by atoms with van der Waals surface area (Å²) >= 11 is 6.73. The van der Waals surface area contributed by atoms with Gasteiger partial charge in [0.15, 0.2) is 5.78 Å². The maximum Gasteiger partial charge on any atom is 0.176 e. The van der Waals surface area contributed by atoms with E-state index in [9.17, 15) is 4.79 Å². The minimum atomic E-state index is -0.123. The van der Waals surface area contributed by atoms with E-state index in [1.807, 2.05) is 25.1 Å². The van der Waals surface area contributed by atoms with E-state index < -0.39 is 0 Å². The van der Waals surface area contributed by atoms with E-state index >= 15 is 0 Å². The van der Waals surface area contributed by atoms with Gasteiger partial charge in [-0.15, -0.1) is 0 Å². The number of hydrogen-bond acceptors (Lipinski definition) is 1. The minimum absolute atomic E-state index is 0.119. The highest BCUT2D eigenvalue weighted by atomic mass is 79.9. The number of aryl methyl sites for hydroxylation is 1. The normalized spacial score (nSPS) is 12.6. The van der Waals surface area contributed by atoms with Crippen LogP contribution >= 0.6 is 31.9 Å². The number of ketones is 1. The van der Waals surface area contributed by atoms with E-state index in [1.54, 1.807) is 0 Å². The zero-order valence-electron chi connectivity index (χ0n) is 8.18. The molecule has 1 rings (SSSR count). The second-order valence-electron chi connectivity index (χ2n) is 3.14. The molecule has 1 nitrogen and oxygen atoms in total. The smallest absolute Gasteiger partial charge is 0.176 e. The molecule has 0 bridgehead atoms. The van der Waals surface area contributed by atoms with Crippen LogP contribution in [0, 0.1) is 0 Å². The van der Waals surface area contributed by atoms with Crippen LogP contribution in [0.25, 0.3) is 0 Å². The van der Waals surface area contributed by atoms with E-state index in [-0.39, 0.29) is 10.6 Å². The third kappa shape index (κ3) is 2.67. The lowest BCUT2D eigenvalue weighted by molar-refractivity contribution is 0.0996. The van der Waals surface area contributed by atoms with Crippen molar-refractivity contribution in [3.05, 3.63) is 33.8 Å². The van der Waals surface area contributed by atoms with E-state index in [1.165, 1.54) is 5.56 Å². The average Bonchev–Trinajstić information content (AvgIpc) is 2.16. The van der Waals surface area contributed by atoms with Gasteiger partial charge in [0, 0.05) is 10.0 Å². The lowest BCUT2D eigenvalue weighted by atomic mass is 10.1. The van der Waals surface area contributed by atoms with Gasteiger partial charge in [-0.3, -0.25) is 4.79 Å². The molecule has 3 heteroatoms. The lowest BCUT2D eigenvalue weighted by Crippen LogP contribution is -2.09. The fourth-order valence-electron chi connectivity index (χ4n) is 1.22. The minimum Gasteiger partial charge on any atom is -0.293 e. The van der Waals surface area contributed by atoms with Gasteiger partial charge in [-0.1, -0.05) is 50.9 Å². The van der Waals surface area contributed by atoms with Gasteiger partial charge in [-0.25, -0.2) is 0 Å². The van der Waals surface area contributed by atoms with Crippen molar-refractivity contribution in [3.63, 3.8) is 0 Å². The Bertz CT molecular complexity index is 345. The number of carbonyl (C=O) groups is 1. The zero-order chi connectivity index (χ0) is 10.7. The maximum atomic E-state index is 11.6. The van der Waals surface area contributed by atoms with Gasteiger partial charge >= 0.3 is 0 Å². The molecular formula is C11H12Br2O. The summed E-state index contributed by atoms with van der Waals surface area (Å²) in [6.07, 6.45) is 0.971. The second kappa shape index (κ2) is 5.08. The average molecular weight is 320 g/mol. The number of benzene rings is 1. The van der Waals surface area contributed by atoms with Crippen molar-refractivity contribution in [1.82, 2.24) is 0 Å². The highest BCUT2D eigenvalue weighted by Crippen LogP contribution is 2.21. The molecule has 1 atom stereocenters. The lowest BCUT2D eigenvalue weighted by Gasteiger charge is -2.06. The molecule has 0 aliphatic rings. The molecule has 0 heterocycles. The molecular weight excluding hydrogens is 308 g/mol. The van der Waals surface area contributed by atoms with E-state index in [2.05, 4.69) is 38.8 Å². The summed E-state index contributed by atoms with van der Waals surface area (Å²) in [5.41, 5.74) is 1.97. The molecule has 0 saturated carbocycles. The van der Waals surface area contributed by atoms with Gasteiger partial charge in [-0.05, 0) is 25.0 Å². The van der Waals surface area contributed by atoms with Crippen LogP contribution in [-0.4, -0.2) is 10.6 Å². The van der Waals surface area contributed by atoms with Crippen molar-refractivity contribution >= 4 is 37.6 Å². The van der Waals surface area contributed by atoms with Crippen molar-refractivity contribution in [2.75, 3.05) is 0 Å². The second-order valence-corrected chi connectivity index (χ2v) is 5.37. The monoisotopic (exact) mass is 318 g/mol. The SMILES string of the molecule is CCc1ccc(C(=O)C(C)Br)cc1Br. The standard InChI is InChI=1S/C11H12Br2O/c1-3-8-4-5-9(6-10(8)13)11(14)7(2)12/h4-7H,3H2,1-2H3. The quantitative estimate of drug-likeness (QED) is 0.608. The number of carbonyl (C=O) groups excluding carboxylic acids is 1. The molecule has 76 valence electrons. The summed E-state index contributed by atoms with van der Waals surface area (Å²) in [7, 11) is 0. The first-order chi connectivity index (χ1) is 6.56. The fraction of sp³-hybridized carbons (Fsp3) is 0.364. The number of Topliss-reactive ketones (excluding diaryl/α,β-unsaturated/α-hetero) is 1. The first kappa shape index (κ1) is 11.9. The number of rotatable bonds is 3. The Morgan fingerprint density at radius 1 is 1.50 bits per heavy atom. The van der Waals surface area contributed by atoms with Gasteiger partial charge in [0.1, 0.15) is 0 Å². The molecule has 0 N–H and O–H groups in total. The van der Waals surface area contributed by atoms with Crippen LogP contribution in [-0.2, 0) is 6.42 Å². The van der Waals surface area contributed by atoms with E-state index in [0.717, 1.165) is 16.5 Å². The highest BCUT2D eigenvalue weighted by Gasteiger charge is 2.12. The summed E-state index contributed by atoms with van der Waals surface area (Å²) in [5, 5.41) is 0. The molecule has 0 radical (unpaired) electrons. The van der Waals surface area contributed by atoms with Crippen LogP contribution < -0.4 is 0 Å². The fourth-order valence-corrected chi connectivity index (χ4v) is 2.14. The van der Waals surface area contributed by atoms with E-state index in [0.29, 0.717) is 0 Å². The molecule has 0 aromatic heterocycles. The number of hydrogen-bond donors (Lipinski definition) is 0. The van der Waals surface area contributed by atoms with Crippen molar-refractivity contribution in [2.24, 2.45) is 0 Å². The van der Waals surface area contributed by atoms with Crippen LogP contribution in [0.3, 0.4) is 0 Å². The molecule has 14 heavy (non-hydrogen) atoms. The summed E-state index contributed by atoms with van der Waals surface area (Å²) < 4.78 is 1.01. The van der Waals surface area contributed by atoms with Crippen LogP contribution in [0.1, 0.15) is 29.8 Å². The van der Waals surface area contributed by atoms with Crippen molar-refractivity contribution in [2.45, 2.75) is 25.1 Å². The Kier molecular flexibility index (Phi) is 4.32. The predicted octanol–water partition coefficient (Wildman–Crippen LogP) is 3.98. The Labute approximate surface area is 101 Å². The Morgan fingerprint density at radius 3 is 2.57 bits per heavy atom. The highest BCUT2D eigenvalue weighted by molar-refractivity contribution is 9.10. The largest absolute Gasteiger partial charge is 0.293 e. The predicted molar refractivity (Wildman–Crippen MR) is 66.2 cm³/mol. The molecule has 1 unspecified atom stereocenters. The molecule has 0 saturated heterocycles. The summed E-state index contributed by atoms with van der Waals surface area (Å²) in [4.78, 5) is 11.5. The van der Waals surface area contributed by atoms with Crippen molar-refractivity contribution in [3.8, 4) is 0 Å². The molecule has 0 aliphatic carbocycles. The van der Waals surface area contributed by atoms with Gasteiger partial charge in [0.2, 0.25) is 0 Å². The van der Waals surface area contributed by atoms with Crippen molar-refractivity contribution in [1.29, 1.82) is 0 Å². The third-order valence-corrected chi connectivity index (χ3v) is 3.23. The molecule has 1 aromatic carbocycles. The summed E-state index contributed by atoms with van der Waals surface area (Å²) in [6, 6.07) is 5.76. The first-order valence-electron chi connectivity index (χ1n) is 4.53. The molecule has 0 amide bonds. The Balaban J connectivity index is 3.03. The summed E-state index contributed by atoms with van der Waals surface area (Å²) in [6.45, 7) is 3.93. The van der Waals surface area contributed by atoms with Crippen LogP contribution in [0.4, 0.5) is 0 Å². The number of halogens is 2. The molecule has 1 aromatic rings. The maximum absolute atomic E-state index is 11.6. The molecule has 0 spiro atoms. The first-order valence-corrected chi connectivity index (χ1v) is 6.23. The van der Waals surface area contributed by atoms with Gasteiger partial charge in [-0.2, -0.15) is 0 Å². The van der Waals surface area contributed by atoms with Gasteiger partial charge < -0.3 is 0 Å². The Morgan fingerprint density at radius 2 is 2.14 bits per heavy atom. The molecule has 0 aliphatic heterocycles. The Hall–Kier alpha value is -0.150. The van der Waals surface area contributed by atoms with E-state index in [4.69, 9.17) is 0 Å². The summed E-state index contributed by atoms with van der Waals surface area (Å²) in [5.74, 6) is 0.119. The van der Waals surface area contributed by atoms with Crippen LogP contribution in [0.2, 0.25) is 0 Å².